The van der Waals surface area contributed by atoms with Gasteiger partial charge in [-0.05, 0) is 32.0 Å². The first-order chi connectivity index (χ1) is 11.0. The van der Waals surface area contributed by atoms with Crippen LogP contribution in [0, 0.1) is 13.8 Å². The van der Waals surface area contributed by atoms with E-state index in [9.17, 15) is 4.79 Å². The zero-order valence-corrected chi connectivity index (χ0v) is 14.1. The number of fused-ring (bicyclic) bond motifs is 2. The molecule has 0 radical (unpaired) electrons. The fourth-order valence-corrected chi connectivity index (χ4v) is 3.04. The molecule has 0 spiro atoms. The van der Waals surface area contributed by atoms with Gasteiger partial charge in [-0.1, -0.05) is 22.0 Å². The lowest BCUT2D eigenvalue weighted by atomic mass is 10.1. The van der Waals surface area contributed by atoms with Gasteiger partial charge in [0.1, 0.15) is 5.58 Å². The van der Waals surface area contributed by atoms with Crippen molar-refractivity contribution in [3.8, 4) is 11.3 Å². The van der Waals surface area contributed by atoms with Gasteiger partial charge in [0.2, 0.25) is 0 Å². The average molecular weight is 370 g/mol. The number of nitrogens with zero attached hydrogens (tertiary/aromatic N) is 3. The second-order valence-corrected chi connectivity index (χ2v) is 6.37. The molecule has 0 saturated carbocycles. The van der Waals surface area contributed by atoms with Gasteiger partial charge in [0.15, 0.2) is 5.65 Å². The van der Waals surface area contributed by atoms with Gasteiger partial charge in [0, 0.05) is 22.3 Å². The lowest BCUT2D eigenvalue weighted by Crippen LogP contribution is -2.02. The Balaban J connectivity index is 1.98. The van der Waals surface area contributed by atoms with Crippen molar-refractivity contribution in [2.24, 2.45) is 0 Å². The smallest absolute Gasteiger partial charge is 0.345 e. The molecule has 4 rings (SSSR count). The quantitative estimate of drug-likeness (QED) is 0.477. The first-order valence-corrected chi connectivity index (χ1v) is 7.87. The second kappa shape index (κ2) is 5.03. The number of imidazole rings is 1. The van der Waals surface area contributed by atoms with Gasteiger partial charge >= 0.3 is 5.63 Å². The molecule has 5 nitrogen and oxygen atoms in total. The Labute approximate surface area is 139 Å². The Kier molecular flexibility index (Phi) is 3.09. The highest BCUT2D eigenvalue weighted by Crippen LogP contribution is 2.24. The van der Waals surface area contributed by atoms with E-state index in [1.54, 1.807) is 6.07 Å². The molecule has 0 atom stereocenters. The van der Waals surface area contributed by atoms with Gasteiger partial charge in [-0.2, -0.15) is 0 Å². The fourth-order valence-electron chi connectivity index (χ4n) is 2.70. The van der Waals surface area contributed by atoms with E-state index in [-0.39, 0.29) is 0 Å². The topological polar surface area (TPSA) is 60.4 Å². The van der Waals surface area contributed by atoms with E-state index in [4.69, 9.17) is 4.42 Å². The highest BCUT2D eigenvalue weighted by atomic mass is 79.9. The molecule has 6 heteroatoms. The summed E-state index contributed by atoms with van der Waals surface area (Å²) in [6.45, 7) is 3.83. The summed E-state index contributed by atoms with van der Waals surface area (Å²) in [5, 5.41) is 0.853. The van der Waals surface area contributed by atoms with Crippen LogP contribution in [0.5, 0.6) is 0 Å². The molecule has 3 heterocycles. The lowest BCUT2D eigenvalue weighted by Gasteiger charge is -2.00. The summed E-state index contributed by atoms with van der Waals surface area (Å²) in [6.07, 6.45) is 3.71. The van der Waals surface area contributed by atoms with E-state index >= 15 is 0 Å². The molecule has 23 heavy (non-hydrogen) atoms. The lowest BCUT2D eigenvalue weighted by molar-refractivity contribution is 0.563. The molecular weight excluding hydrogens is 358 g/mol. The van der Waals surface area contributed by atoms with Crippen LogP contribution in [0.4, 0.5) is 0 Å². The van der Waals surface area contributed by atoms with Gasteiger partial charge in [-0.25, -0.2) is 9.78 Å². The zero-order valence-electron chi connectivity index (χ0n) is 12.5. The first kappa shape index (κ1) is 14.1. The fraction of sp³-hybridized carbons (Fsp3) is 0.118. The number of rotatable bonds is 1. The zero-order chi connectivity index (χ0) is 16.1. The van der Waals surface area contributed by atoms with Crippen molar-refractivity contribution >= 4 is 32.5 Å². The standard InChI is InChI=1S/C17H12BrN3O2/c1-9-7-21-8-14(20-16(21)10(2)19-9)13-5-11-3-4-12(18)6-15(11)23-17(13)22/h3-8H,1-2H3. The predicted octanol–water partition coefficient (Wildman–Crippen LogP) is 3.88. The predicted molar refractivity (Wildman–Crippen MR) is 91.6 cm³/mol. The van der Waals surface area contributed by atoms with Crippen molar-refractivity contribution in [2.75, 3.05) is 0 Å². The van der Waals surface area contributed by atoms with Gasteiger partial charge < -0.3 is 8.82 Å². The molecule has 3 aromatic heterocycles. The summed E-state index contributed by atoms with van der Waals surface area (Å²) in [5.41, 5.74) is 3.63. The third kappa shape index (κ3) is 2.35. The molecule has 4 aromatic rings. The summed E-state index contributed by atoms with van der Waals surface area (Å²) >= 11 is 3.37. The number of aryl methyl sites for hydroxylation is 2. The molecule has 0 fully saturated rings. The van der Waals surface area contributed by atoms with Gasteiger partial charge in [0.25, 0.3) is 0 Å². The van der Waals surface area contributed by atoms with Crippen LogP contribution < -0.4 is 5.63 Å². The van der Waals surface area contributed by atoms with Gasteiger partial charge in [-0.15, -0.1) is 0 Å². The minimum atomic E-state index is -0.402. The van der Waals surface area contributed by atoms with Crippen LogP contribution in [0.25, 0.3) is 27.9 Å². The van der Waals surface area contributed by atoms with E-state index in [1.807, 2.05) is 48.8 Å². The molecular formula is C17H12BrN3O2. The summed E-state index contributed by atoms with van der Waals surface area (Å²) in [6, 6.07) is 7.40. The maximum atomic E-state index is 12.3. The van der Waals surface area contributed by atoms with Crippen LogP contribution in [-0.2, 0) is 0 Å². The van der Waals surface area contributed by atoms with E-state index in [0.29, 0.717) is 16.8 Å². The van der Waals surface area contributed by atoms with E-state index in [2.05, 4.69) is 25.9 Å². The van der Waals surface area contributed by atoms with Crippen molar-refractivity contribution in [1.29, 1.82) is 0 Å². The number of benzene rings is 1. The molecule has 0 aliphatic heterocycles. The van der Waals surface area contributed by atoms with Crippen molar-refractivity contribution < 1.29 is 4.42 Å². The van der Waals surface area contributed by atoms with Crippen molar-refractivity contribution in [1.82, 2.24) is 14.4 Å². The van der Waals surface area contributed by atoms with Crippen LogP contribution in [0.2, 0.25) is 0 Å². The molecule has 0 bridgehead atoms. The molecule has 1 aromatic carbocycles. The molecule has 0 N–H and O–H groups in total. The monoisotopic (exact) mass is 369 g/mol. The molecule has 0 amide bonds. The summed E-state index contributed by atoms with van der Waals surface area (Å²) in [5.74, 6) is 0. The Morgan fingerprint density at radius 2 is 1.96 bits per heavy atom. The summed E-state index contributed by atoms with van der Waals surface area (Å²) in [7, 11) is 0. The summed E-state index contributed by atoms with van der Waals surface area (Å²) in [4.78, 5) is 21.3. The molecule has 0 saturated heterocycles. The minimum Gasteiger partial charge on any atom is -0.422 e. The Morgan fingerprint density at radius 3 is 2.78 bits per heavy atom. The number of hydrogen-bond acceptors (Lipinski definition) is 4. The van der Waals surface area contributed by atoms with Crippen molar-refractivity contribution in [3.05, 3.63) is 62.9 Å². The van der Waals surface area contributed by atoms with E-state index in [0.717, 1.165) is 26.9 Å². The number of aromatic nitrogens is 3. The Morgan fingerprint density at radius 1 is 1.13 bits per heavy atom. The molecule has 0 aliphatic carbocycles. The van der Waals surface area contributed by atoms with Crippen LogP contribution in [0.1, 0.15) is 11.4 Å². The van der Waals surface area contributed by atoms with Crippen LogP contribution in [0.3, 0.4) is 0 Å². The second-order valence-electron chi connectivity index (χ2n) is 5.45. The minimum absolute atomic E-state index is 0.402. The highest BCUT2D eigenvalue weighted by Gasteiger charge is 2.13. The van der Waals surface area contributed by atoms with Crippen LogP contribution >= 0.6 is 15.9 Å². The third-order valence-corrected chi connectivity index (χ3v) is 4.19. The van der Waals surface area contributed by atoms with Crippen molar-refractivity contribution in [2.45, 2.75) is 13.8 Å². The van der Waals surface area contributed by atoms with Crippen LogP contribution in [0.15, 0.2) is 50.3 Å². The molecule has 0 unspecified atom stereocenters. The van der Waals surface area contributed by atoms with Crippen LogP contribution in [-0.4, -0.2) is 14.4 Å². The third-order valence-electron chi connectivity index (χ3n) is 3.70. The Bertz CT molecular complexity index is 1130. The normalized spacial score (nSPS) is 11.4. The first-order valence-electron chi connectivity index (χ1n) is 7.08. The highest BCUT2D eigenvalue weighted by molar-refractivity contribution is 9.10. The Hall–Kier alpha value is -2.47. The van der Waals surface area contributed by atoms with E-state index < -0.39 is 5.63 Å². The van der Waals surface area contributed by atoms with Crippen molar-refractivity contribution in [3.63, 3.8) is 0 Å². The number of hydrogen-bond donors (Lipinski definition) is 0. The molecule has 114 valence electrons. The maximum Gasteiger partial charge on any atom is 0.345 e. The summed E-state index contributed by atoms with van der Waals surface area (Å²) < 4.78 is 8.18. The van der Waals surface area contributed by atoms with Gasteiger partial charge in [-0.3, -0.25) is 4.98 Å². The van der Waals surface area contributed by atoms with E-state index in [1.165, 1.54) is 0 Å². The largest absolute Gasteiger partial charge is 0.422 e. The van der Waals surface area contributed by atoms with Gasteiger partial charge in [0.05, 0.1) is 22.6 Å². The average Bonchev–Trinajstić information content (AvgIpc) is 2.90. The SMILES string of the molecule is Cc1cn2cc(-c3cc4ccc(Br)cc4oc3=O)nc2c(C)n1. The maximum absolute atomic E-state index is 12.3. The molecule has 0 aliphatic rings. The number of halogens is 1.